The lowest BCUT2D eigenvalue weighted by atomic mass is 9.96. The second kappa shape index (κ2) is 6.43. The zero-order valence-corrected chi connectivity index (χ0v) is 12.7. The van der Waals surface area contributed by atoms with Crippen LogP contribution in [-0.2, 0) is 4.79 Å². The highest BCUT2D eigenvalue weighted by molar-refractivity contribution is 5.74. The van der Waals surface area contributed by atoms with Gasteiger partial charge in [-0.2, -0.15) is 0 Å². The van der Waals surface area contributed by atoms with Crippen LogP contribution in [0.4, 0.5) is 5.82 Å². The predicted octanol–water partition coefficient (Wildman–Crippen LogP) is 1.56. The minimum Gasteiger partial charge on any atom is -0.354 e. The second-order valence-corrected chi connectivity index (χ2v) is 5.91. The van der Waals surface area contributed by atoms with Gasteiger partial charge in [-0.25, -0.2) is 4.98 Å². The number of hydrogen-bond donors (Lipinski definition) is 1. The molecule has 0 spiro atoms. The molecule has 2 saturated heterocycles. The summed E-state index contributed by atoms with van der Waals surface area (Å²) in [6.07, 6.45) is 5.31. The molecule has 1 aromatic heterocycles. The summed E-state index contributed by atoms with van der Waals surface area (Å²) >= 11 is 0. The maximum absolute atomic E-state index is 11.8. The topological polar surface area (TPSA) is 48.5 Å². The number of rotatable bonds is 2. The van der Waals surface area contributed by atoms with E-state index in [4.69, 9.17) is 0 Å². The Morgan fingerprint density at radius 2 is 2.05 bits per heavy atom. The Morgan fingerprint density at radius 1 is 1.24 bits per heavy atom. The number of likely N-dealkylation sites (tertiary alicyclic amines) is 1. The summed E-state index contributed by atoms with van der Waals surface area (Å²) in [7, 11) is 0. The first-order valence-corrected chi connectivity index (χ1v) is 7.94. The van der Waals surface area contributed by atoms with Crippen molar-refractivity contribution in [2.45, 2.75) is 32.2 Å². The third-order valence-electron chi connectivity index (χ3n) is 4.50. The van der Waals surface area contributed by atoms with E-state index in [9.17, 15) is 4.79 Å². The predicted molar refractivity (Wildman–Crippen MR) is 83.3 cm³/mol. The van der Waals surface area contributed by atoms with Crippen LogP contribution >= 0.6 is 0 Å². The van der Waals surface area contributed by atoms with Crippen LogP contribution in [0.1, 0.15) is 37.8 Å². The average Bonchev–Trinajstić information content (AvgIpc) is 2.56. The molecule has 0 aliphatic carbocycles. The van der Waals surface area contributed by atoms with Crippen LogP contribution in [0.25, 0.3) is 0 Å². The number of aromatic nitrogens is 1. The number of piperazine rings is 1. The fourth-order valence-corrected chi connectivity index (χ4v) is 3.33. The lowest BCUT2D eigenvalue weighted by molar-refractivity contribution is -0.132. The largest absolute Gasteiger partial charge is 0.354 e. The molecule has 2 aliphatic heterocycles. The van der Waals surface area contributed by atoms with Crippen LogP contribution in [0, 0.1) is 0 Å². The van der Waals surface area contributed by atoms with Gasteiger partial charge >= 0.3 is 0 Å². The summed E-state index contributed by atoms with van der Waals surface area (Å²) in [5, 5.41) is 3.35. The number of amides is 1. The Labute approximate surface area is 126 Å². The Bertz CT molecular complexity index is 482. The highest BCUT2D eigenvalue weighted by atomic mass is 16.2. The van der Waals surface area contributed by atoms with Gasteiger partial charge in [0.2, 0.25) is 5.91 Å². The first-order valence-electron chi connectivity index (χ1n) is 7.94. The van der Waals surface area contributed by atoms with Crippen molar-refractivity contribution in [3.05, 3.63) is 23.9 Å². The van der Waals surface area contributed by atoms with Crippen molar-refractivity contribution >= 4 is 11.7 Å². The summed E-state index contributed by atoms with van der Waals surface area (Å²) in [5.74, 6) is 1.22. The molecule has 1 aromatic rings. The number of pyridine rings is 1. The summed E-state index contributed by atoms with van der Waals surface area (Å²) in [6, 6.07) is 4.46. The lowest BCUT2D eigenvalue weighted by Gasteiger charge is -2.35. The van der Waals surface area contributed by atoms with Crippen molar-refractivity contribution in [1.29, 1.82) is 0 Å². The Kier molecular flexibility index (Phi) is 4.39. The van der Waals surface area contributed by atoms with E-state index in [0.717, 1.165) is 51.4 Å². The van der Waals surface area contributed by atoms with Crippen LogP contribution in [0.5, 0.6) is 0 Å². The van der Waals surface area contributed by atoms with E-state index in [1.807, 2.05) is 11.1 Å². The minimum absolute atomic E-state index is 0.172. The highest BCUT2D eigenvalue weighted by Crippen LogP contribution is 2.31. The van der Waals surface area contributed by atoms with E-state index in [-0.39, 0.29) is 11.9 Å². The minimum atomic E-state index is 0.172. The van der Waals surface area contributed by atoms with Crippen LogP contribution < -0.4 is 10.2 Å². The van der Waals surface area contributed by atoms with E-state index in [1.54, 1.807) is 6.92 Å². The second-order valence-electron chi connectivity index (χ2n) is 5.91. The van der Waals surface area contributed by atoms with Crippen molar-refractivity contribution in [2.75, 3.05) is 37.6 Å². The molecule has 0 radical (unpaired) electrons. The van der Waals surface area contributed by atoms with Gasteiger partial charge in [-0.05, 0) is 30.9 Å². The molecule has 0 saturated carbocycles. The Balaban J connectivity index is 1.74. The van der Waals surface area contributed by atoms with Gasteiger partial charge in [-0.1, -0.05) is 6.07 Å². The number of nitrogens with one attached hydrogen (secondary N) is 1. The normalized spacial score (nSPS) is 23.2. The molecule has 21 heavy (non-hydrogen) atoms. The Morgan fingerprint density at radius 3 is 2.71 bits per heavy atom. The number of carbonyl (C=O) groups excluding carboxylic acids is 1. The van der Waals surface area contributed by atoms with Crippen molar-refractivity contribution in [3.8, 4) is 0 Å². The van der Waals surface area contributed by atoms with Gasteiger partial charge < -0.3 is 15.1 Å². The molecule has 0 aromatic carbocycles. The zero-order valence-electron chi connectivity index (χ0n) is 12.7. The Hall–Kier alpha value is -1.62. The molecule has 5 nitrogen and oxygen atoms in total. The van der Waals surface area contributed by atoms with Gasteiger partial charge in [0.05, 0.1) is 6.04 Å². The summed E-state index contributed by atoms with van der Waals surface area (Å²) in [5.41, 5.74) is 1.17. The molecule has 1 N–H and O–H groups in total. The third kappa shape index (κ3) is 3.18. The average molecular weight is 288 g/mol. The molecular weight excluding hydrogens is 264 g/mol. The fraction of sp³-hybridized carbons (Fsp3) is 0.625. The quantitative estimate of drug-likeness (QED) is 0.897. The first-order chi connectivity index (χ1) is 10.3. The maximum Gasteiger partial charge on any atom is 0.219 e. The van der Waals surface area contributed by atoms with Crippen molar-refractivity contribution < 1.29 is 4.79 Å². The van der Waals surface area contributed by atoms with Gasteiger partial charge in [0.25, 0.3) is 0 Å². The lowest BCUT2D eigenvalue weighted by Crippen LogP contribution is -2.43. The van der Waals surface area contributed by atoms with Gasteiger partial charge in [0.1, 0.15) is 5.82 Å². The number of hydrogen-bond acceptors (Lipinski definition) is 4. The van der Waals surface area contributed by atoms with Gasteiger partial charge in [0, 0.05) is 45.8 Å². The zero-order chi connectivity index (χ0) is 14.7. The van der Waals surface area contributed by atoms with Crippen LogP contribution in [0.15, 0.2) is 18.3 Å². The number of carbonyl (C=O) groups is 1. The smallest absolute Gasteiger partial charge is 0.219 e. The summed E-state index contributed by atoms with van der Waals surface area (Å²) < 4.78 is 0. The summed E-state index contributed by atoms with van der Waals surface area (Å²) in [4.78, 5) is 20.7. The monoisotopic (exact) mass is 288 g/mol. The standard InChI is InChI=1S/C16H24N4O/c1-13(21)20-9-3-2-4-15(20)14-5-6-16(18-12-14)19-10-7-17-8-11-19/h5-6,12,15,17H,2-4,7-11H2,1H3/t15-/m1/s1. The third-order valence-corrected chi connectivity index (χ3v) is 4.50. The van der Waals surface area contributed by atoms with Gasteiger partial charge in [-0.15, -0.1) is 0 Å². The molecule has 1 atom stereocenters. The molecule has 0 unspecified atom stereocenters. The molecule has 3 rings (SSSR count). The maximum atomic E-state index is 11.8. The number of piperidine rings is 1. The van der Waals surface area contributed by atoms with E-state index < -0.39 is 0 Å². The van der Waals surface area contributed by atoms with Crippen LogP contribution in [0.3, 0.4) is 0 Å². The summed E-state index contributed by atoms with van der Waals surface area (Å²) in [6.45, 7) is 6.60. The molecular formula is C16H24N4O. The first kappa shape index (κ1) is 14.3. The molecule has 2 aliphatic rings. The van der Waals surface area contributed by atoms with E-state index in [1.165, 1.54) is 12.0 Å². The molecule has 1 amide bonds. The molecule has 5 heteroatoms. The molecule has 2 fully saturated rings. The van der Waals surface area contributed by atoms with Crippen molar-refractivity contribution in [1.82, 2.24) is 15.2 Å². The van der Waals surface area contributed by atoms with Crippen LogP contribution in [-0.4, -0.2) is 48.5 Å². The molecule has 114 valence electrons. The SMILES string of the molecule is CC(=O)N1CCCC[C@@H]1c1ccc(N2CCNCC2)nc1. The van der Waals surface area contributed by atoms with E-state index in [0.29, 0.717) is 0 Å². The van der Waals surface area contributed by atoms with Crippen molar-refractivity contribution in [3.63, 3.8) is 0 Å². The van der Waals surface area contributed by atoms with Gasteiger partial charge in [-0.3, -0.25) is 4.79 Å². The molecule has 3 heterocycles. The molecule has 0 bridgehead atoms. The van der Waals surface area contributed by atoms with Crippen LogP contribution in [0.2, 0.25) is 0 Å². The number of anilines is 1. The highest BCUT2D eigenvalue weighted by Gasteiger charge is 2.26. The van der Waals surface area contributed by atoms with E-state index >= 15 is 0 Å². The van der Waals surface area contributed by atoms with E-state index in [2.05, 4.69) is 27.3 Å². The fourth-order valence-electron chi connectivity index (χ4n) is 3.33. The van der Waals surface area contributed by atoms with Gasteiger partial charge in [0.15, 0.2) is 0 Å². The number of nitrogens with zero attached hydrogens (tertiary/aromatic N) is 3. The van der Waals surface area contributed by atoms with Crippen molar-refractivity contribution in [2.24, 2.45) is 0 Å².